The number of nitrogens with one attached hydrogen (secondary N) is 1. The van der Waals surface area contributed by atoms with E-state index >= 15 is 0 Å². The van der Waals surface area contributed by atoms with Crippen LogP contribution < -0.4 is 14.8 Å². The molecule has 0 radical (unpaired) electrons. The Morgan fingerprint density at radius 3 is 2.61 bits per heavy atom. The van der Waals surface area contributed by atoms with Gasteiger partial charge in [-0.1, -0.05) is 13.8 Å². The zero-order valence-corrected chi connectivity index (χ0v) is 18.0. The van der Waals surface area contributed by atoms with Crippen LogP contribution in [0.3, 0.4) is 0 Å². The van der Waals surface area contributed by atoms with Crippen LogP contribution in [-0.4, -0.2) is 29.9 Å². The number of carbonyl (C=O) groups is 1. The van der Waals surface area contributed by atoms with Gasteiger partial charge in [-0.25, -0.2) is 0 Å². The summed E-state index contributed by atoms with van der Waals surface area (Å²) in [5.41, 5.74) is 1.83. The molecule has 0 unspecified atom stereocenters. The van der Waals surface area contributed by atoms with Gasteiger partial charge in [-0.05, 0) is 44.0 Å². The molecule has 2 heterocycles. The summed E-state index contributed by atoms with van der Waals surface area (Å²) in [6.07, 6.45) is 0. The number of aryl methyl sites for hydroxylation is 1. The maximum atomic E-state index is 12.9. The number of methoxy groups -OCH3 is 2. The van der Waals surface area contributed by atoms with Crippen molar-refractivity contribution >= 4 is 27.5 Å². The quantitative estimate of drug-likeness (QED) is 0.630. The Morgan fingerprint density at radius 1 is 1.21 bits per heavy atom. The normalized spacial score (nSPS) is 12.4. The van der Waals surface area contributed by atoms with Crippen molar-refractivity contribution in [2.75, 3.05) is 14.2 Å². The average Bonchev–Trinajstić information content (AvgIpc) is 3.22. The van der Waals surface area contributed by atoms with Crippen LogP contribution in [0.4, 0.5) is 0 Å². The van der Waals surface area contributed by atoms with Crippen LogP contribution in [0.25, 0.3) is 10.2 Å². The Balaban J connectivity index is 1.85. The largest absolute Gasteiger partial charge is 0.497 e. The molecule has 1 amide bonds. The lowest BCUT2D eigenvalue weighted by atomic mass is 10.1. The van der Waals surface area contributed by atoms with Gasteiger partial charge in [0.25, 0.3) is 5.91 Å². The SMILES string of the molecule is COc1ccc(OC)c([C@H](C)NC(=O)c2cc3c(C)nn(CC(C)C)c3s2)c1. The molecule has 3 aromatic rings. The standard InChI is InChI=1S/C21H27N3O3S/c1-12(2)11-24-21-17(14(4)23-24)10-19(28-21)20(25)22-13(3)16-9-15(26-5)7-8-18(16)27-6/h7-10,12-13H,11H2,1-6H3,(H,22,25)/t13-/m0/s1. The van der Waals surface area contributed by atoms with Crippen molar-refractivity contribution in [2.24, 2.45) is 5.92 Å². The predicted octanol–water partition coefficient (Wildman–Crippen LogP) is 4.57. The first kappa shape index (κ1) is 20.2. The summed E-state index contributed by atoms with van der Waals surface area (Å²) in [6.45, 7) is 9.08. The molecule has 3 rings (SSSR count). The van der Waals surface area contributed by atoms with Crippen LogP contribution in [0.1, 0.15) is 47.7 Å². The molecule has 0 saturated heterocycles. The van der Waals surface area contributed by atoms with Crippen molar-refractivity contribution in [3.05, 3.63) is 40.4 Å². The van der Waals surface area contributed by atoms with Crippen molar-refractivity contribution in [2.45, 2.75) is 40.3 Å². The third-order valence-corrected chi connectivity index (χ3v) is 5.77. The molecule has 0 aliphatic carbocycles. The highest BCUT2D eigenvalue weighted by atomic mass is 32.1. The predicted molar refractivity (Wildman–Crippen MR) is 113 cm³/mol. The Kier molecular flexibility index (Phi) is 5.93. The van der Waals surface area contributed by atoms with Crippen molar-refractivity contribution in [3.63, 3.8) is 0 Å². The van der Waals surface area contributed by atoms with Gasteiger partial charge in [0.2, 0.25) is 0 Å². The number of hydrogen-bond donors (Lipinski definition) is 1. The van der Waals surface area contributed by atoms with E-state index < -0.39 is 0 Å². The van der Waals surface area contributed by atoms with Gasteiger partial charge >= 0.3 is 0 Å². The minimum atomic E-state index is -0.226. The molecule has 0 aliphatic heterocycles. The van der Waals surface area contributed by atoms with E-state index in [1.54, 1.807) is 14.2 Å². The summed E-state index contributed by atoms with van der Waals surface area (Å²) in [7, 11) is 3.24. The summed E-state index contributed by atoms with van der Waals surface area (Å²) >= 11 is 1.48. The molecule has 0 bridgehead atoms. The Labute approximate surface area is 169 Å². The minimum absolute atomic E-state index is 0.103. The fraction of sp³-hybridized carbons (Fsp3) is 0.429. The first-order valence-electron chi connectivity index (χ1n) is 9.33. The monoisotopic (exact) mass is 401 g/mol. The number of carbonyl (C=O) groups excluding carboxylic acids is 1. The minimum Gasteiger partial charge on any atom is -0.497 e. The van der Waals surface area contributed by atoms with Gasteiger partial charge in [-0.3, -0.25) is 9.48 Å². The number of aromatic nitrogens is 2. The molecule has 1 N–H and O–H groups in total. The maximum Gasteiger partial charge on any atom is 0.261 e. The van der Waals surface area contributed by atoms with Crippen LogP contribution >= 0.6 is 11.3 Å². The van der Waals surface area contributed by atoms with E-state index in [9.17, 15) is 4.79 Å². The van der Waals surface area contributed by atoms with Crippen LogP contribution in [0.2, 0.25) is 0 Å². The lowest BCUT2D eigenvalue weighted by molar-refractivity contribution is 0.0943. The topological polar surface area (TPSA) is 65.4 Å². The van der Waals surface area contributed by atoms with E-state index in [1.165, 1.54) is 11.3 Å². The molecule has 1 atom stereocenters. The van der Waals surface area contributed by atoms with Gasteiger partial charge in [0, 0.05) is 17.5 Å². The van der Waals surface area contributed by atoms with Crippen LogP contribution in [0.5, 0.6) is 11.5 Å². The molecular formula is C21H27N3O3S. The number of thiophene rings is 1. The van der Waals surface area contributed by atoms with Crippen LogP contribution in [0.15, 0.2) is 24.3 Å². The highest BCUT2D eigenvalue weighted by Crippen LogP contribution is 2.31. The third kappa shape index (κ3) is 3.99. The fourth-order valence-electron chi connectivity index (χ4n) is 3.22. The summed E-state index contributed by atoms with van der Waals surface area (Å²) in [5, 5.41) is 8.72. The number of amides is 1. The molecule has 28 heavy (non-hydrogen) atoms. The van der Waals surface area contributed by atoms with Gasteiger partial charge in [-0.15, -0.1) is 11.3 Å². The second kappa shape index (κ2) is 8.22. The molecule has 6 nitrogen and oxygen atoms in total. The highest BCUT2D eigenvalue weighted by Gasteiger charge is 2.20. The number of fused-ring (bicyclic) bond motifs is 1. The summed E-state index contributed by atoms with van der Waals surface area (Å²) < 4.78 is 12.8. The van der Waals surface area contributed by atoms with E-state index in [1.807, 2.05) is 42.8 Å². The van der Waals surface area contributed by atoms with Gasteiger partial charge in [0.05, 0.1) is 30.8 Å². The second-order valence-corrected chi connectivity index (χ2v) is 8.32. The summed E-state index contributed by atoms with van der Waals surface area (Å²) in [4.78, 5) is 14.6. The second-order valence-electron chi connectivity index (χ2n) is 7.29. The number of ether oxygens (including phenoxy) is 2. The molecule has 2 aromatic heterocycles. The Morgan fingerprint density at radius 2 is 1.96 bits per heavy atom. The Hall–Kier alpha value is -2.54. The molecule has 7 heteroatoms. The van der Waals surface area contributed by atoms with E-state index in [2.05, 4.69) is 24.3 Å². The zero-order valence-electron chi connectivity index (χ0n) is 17.2. The fourth-order valence-corrected chi connectivity index (χ4v) is 4.29. The van der Waals surface area contributed by atoms with Gasteiger partial charge in [0.1, 0.15) is 16.3 Å². The maximum absolute atomic E-state index is 12.9. The van der Waals surface area contributed by atoms with Gasteiger partial charge in [-0.2, -0.15) is 5.10 Å². The van der Waals surface area contributed by atoms with E-state index in [-0.39, 0.29) is 11.9 Å². The zero-order chi connectivity index (χ0) is 20.4. The number of hydrogen-bond acceptors (Lipinski definition) is 5. The van der Waals surface area contributed by atoms with Crippen LogP contribution in [0, 0.1) is 12.8 Å². The van der Waals surface area contributed by atoms with E-state index in [4.69, 9.17) is 9.47 Å². The molecule has 0 spiro atoms. The lowest BCUT2D eigenvalue weighted by Crippen LogP contribution is -2.26. The lowest BCUT2D eigenvalue weighted by Gasteiger charge is -2.18. The summed E-state index contributed by atoms with van der Waals surface area (Å²) in [6, 6.07) is 7.28. The van der Waals surface area contributed by atoms with Gasteiger partial charge < -0.3 is 14.8 Å². The molecule has 150 valence electrons. The number of benzene rings is 1. The van der Waals surface area contributed by atoms with Crippen molar-refractivity contribution in [3.8, 4) is 11.5 Å². The molecule has 0 saturated carbocycles. The molecular weight excluding hydrogens is 374 g/mol. The highest BCUT2D eigenvalue weighted by molar-refractivity contribution is 7.20. The number of nitrogens with zero attached hydrogens (tertiary/aromatic N) is 2. The third-order valence-electron chi connectivity index (χ3n) is 4.62. The number of rotatable bonds is 7. The molecule has 0 aliphatic rings. The molecule has 0 fully saturated rings. The van der Waals surface area contributed by atoms with E-state index in [0.717, 1.165) is 33.8 Å². The Bertz CT molecular complexity index is 990. The van der Waals surface area contributed by atoms with Crippen molar-refractivity contribution in [1.29, 1.82) is 0 Å². The van der Waals surface area contributed by atoms with Crippen molar-refractivity contribution < 1.29 is 14.3 Å². The van der Waals surface area contributed by atoms with Gasteiger partial charge in [0.15, 0.2) is 0 Å². The average molecular weight is 402 g/mol. The first-order chi connectivity index (χ1) is 13.3. The first-order valence-corrected chi connectivity index (χ1v) is 10.2. The van der Waals surface area contributed by atoms with Crippen molar-refractivity contribution in [1.82, 2.24) is 15.1 Å². The molecule has 1 aromatic carbocycles. The van der Waals surface area contributed by atoms with E-state index in [0.29, 0.717) is 16.5 Å². The smallest absolute Gasteiger partial charge is 0.261 e. The summed E-state index contributed by atoms with van der Waals surface area (Å²) in [5.74, 6) is 1.83. The van der Waals surface area contributed by atoms with Crippen LogP contribution in [-0.2, 0) is 6.54 Å².